The van der Waals surface area contributed by atoms with E-state index in [1.54, 1.807) is 30.3 Å². The zero-order chi connectivity index (χ0) is 20.4. The third-order valence-corrected chi connectivity index (χ3v) is 7.60. The summed E-state index contributed by atoms with van der Waals surface area (Å²) in [5.41, 5.74) is 1.06. The van der Waals surface area contributed by atoms with Crippen LogP contribution in [0.15, 0.2) is 47.4 Å². The minimum atomic E-state index is -3.59. The number of quaternary nitrogens is 1. The molecule has 2 aromatic rings. The molecule has 0 spiro atoms. The van der Waals surface area contributed by atoms with Crippen molar-refractivity contribution in [2.75, 3.05) is 39.4 Å². The fraction of sp³-hybridized carbons (Fsp3) is 0.429. The van der Waals surface area contributed by atoms with Gasteiger partial charge >= 0.3 is 0 Å². The maximum absolute atomic E-state index is 13.2. The van der Waals surface area contributed by atoms with Crippen LogP contribution in [-0.2, 0) is 10.0 Å². The van der Waals surface area contributed by atoms with Crippen LogP contribution in [-0.4, -0.2) is 52.1 Å². The van der Waals surface area contributed by atoms with Crippen molar-refractivity contribution in [2.45, 2.75) is 24.3 Å². The molecule has 2 aliphatic rings. The van der Waals surface area contributed by atoms with Gasteiger partial charge in [-0.1, -0.05) is 12.1 Å². The third-order valence-electron chi connectivity index (χ3n) is 5.70. The van der Waals surface area contributed by atoms with Gasteiger partial charge in [-0.2, -0.15) is 4.31 Å². The number of rotatable bonds is 4. The Kier molecular flexibility index (Phi) is 5.76. The minimum Gasteiger partial charge on any atom is -0.490 e. The zero-order valence-electron chi connectivity index (χ0n) is 16.4. The van der Waals surface area contributed by atoms with Crippen LogP contribution in [0.3, 0.4) is 0 Å². The molecule has 1 N–H and O–H groups in total. The van der Waals surface area contributed by atoms with Crippen molar-refractivity contribution in [1.29, 1.82) is 0 Å². The summed E-state index contributed by atoms with van der Waals surface area (Å²) in [7, 11) is -3.59. The van der Waals surface area contributed by atoms with Crippen molar-refractivity contribution in [3.8, 4) is 11.5 Å². The molecule has 1 fully saturated rings. The van der Waals surface area contributed by atoms with Gasteiger partial charge in [0.25, 0.3) is 0 Å². The molecular formula is C21H26FN2O4S+. The van der Waals surface area contributed by atoms with E-state index < -0.39 is 10.0 Å². The molecule has 29 heavy (non-hydrogen) atoms. The average molecular weight is 422 g/mol. The molecule has 2 aromatic carbocycles. The molecule has 1 atom stereocenters. The standard InChI is InChI=1S/C21H25FN2O4S/c1-16(17-3-5-18(22)6-4-17)23-9-11-24(12-10-23)29(25,26)19-7-8-20-21(15-19)28-14-2-13-27-20/h3-8,15-16H,2,9-14H2,1H3/p+1/t16-/m1/s1. The van der Waals surface area contributed by atoms with Crippen molar-refractivity contribution in [1.82, 2.24) is 4.31 Å². The molecule has 2 aliphatic heterocycles. The lowest BCUT2D eigenvalue weighted by molar-refractivity contribution is -0.933. The molecule has 0 aromatic heterocycles. The normalized spacial score (nSPS) is 19.5. The zero-order valence-corrected chi connectivity index (χ0v) is 17.3. The van der Waals surface area contributed by atoms with Crippen LogP contribution >= 0.6 is 0 Å². The highest BCUT2D eigenvalue weighted by molar-refractivity contribution is 7.89. The Balaban J connectivity index is 1.45. The van der Waals surface area contributed by atoms with Gasteiger partial charge in [-0.3, -0.25) is 0 Å². The van der Waals surface area contributed by atoms with Crippen molar-refractivity contribution >= 4 is 10.0 Å². The van der Waals surface area contributed by atoms with Gasteiger partial charge in [0.1, 0.15) is 11.9 Å². The lowest BCUT2D eigenvalue weighted by Crippen LogP contribution is -3.14. The smallest absolute Gasteiger partial charge is 0.243 e. The predicted octanol–water partition coefficient (Wildman–Crippen LogP) is 1.64. The van der Waals surface area contributed by atoms with Crippen LogP contribution in [0, 0.1) is 5.82 Å². The Morgan fingerprint density at radius 3 is 2.34 bits per heavy atom. The highest BCUT2D eigenvalue weighted by Gasteiger charge is 2.33. The Morgan fingerprint density at radius 2 is 1.66 bits per heavy atom. The van der Waals surface area contributed by atoms with E-state index in [0.29, 0.717) is 50.9 Å². The van der Waals surface area contributed by atoms with Gasteiger partial charge in [0.15, 0.2) is 11.5 Å². The molecule has 0 aliphatic carbocycles. The van der Waals surface area contributed by atoms with Gasteiger partial charge in [0.2, 0.25) is 10.0 Å². The fourth-order valence-electron chi connectivity index (χ4n) is 3.89. The Bertz CT molecular complexity index is 957. The second kappa shape index (κ2) is 8.30. The molecule has 0 saturated carbocycles. The van der Waals surface area contributed by atoms with E-state index in [1.165, 1.54) is 21.3 Å². The van der Waals surface area contributed by atoms with Gasteiger partial charge in [-0.25, -0.2) is 12.8 Å². The van der Waals surface area contributed by atoms with Crippen molar-refractivity contribution in [2.24, 2.45) is 0 Å². The maximum Gasteiger partial charge on any atom is 0.243 e. The number of halogens is 1. The van der Waals surface area contributed by atoms with Crippen LogP contribution < -0.4 is 14.4 Å². The summed E-state index contributed by atoms with van der Waals surface area (Å²) in [6.45, 7) is 5.45. The third kappa shape index (κ3) is 4.24. The quantitative estimate of drug-likeness (QED) is 0.816. The van der Waals surface area contributed by atoms with Gasteiger partial charge < -0.3 is 14.4 Å². The van der Waals surface area contributed by atoms with Crippen molar-refractivity contribution in [3.05, 3.63) is 53.8 Å². The van der Waals surface area contributed by atoms with Crippen LogP contribution in [0.1, 0.15) is 24.9 Å². The van der Waals surface area contributed by atoms with E-state index >= 15 is 0 Å². The molecule has 0 amide bonds. The Morgan fingerprint density at radius 1 is 1.00 bits per heavy atom. The van der Waals surface area contributed by atoms with Gasteiger partial charge in [-0.05, 0) is 31.2 Å². The predicted molar refractivity (Wildman–Crippen MR) is 106 cm³/mol. The molecule has 6 nitrogen and oxygen atoms in total. The van der Waals surface area contributed by atoms with E-state index in [9.17, 15) is 12.8 Å². The first-order chi connectivity index (χ1) is 13.9. The lowest BCUT2D eigenvalue weighted by Gasteiger charge is -2.35. The second-order valence-electron chi connectivity index (χ2n) is 7.49. The van der Waals surface area contributed by atoms with E-state index in [4.69, 9.17) is 9.47 Å². The summed E-state index contributed by atoms with van der Waals surface area (Å²) in [5, 5.41) is 0. The SMILES string of the molecule is C[C@H](c1ccc(F)cc1)[NH+]1CCN(S(=O)(=O)c2ccc3c(c2)OCCCO3)CC1. The molecule has 0 unspecified atom stereocenters. The Labute approximate surface area is 170 Å². The number of nitrogens with zero attached hydrogens (tertiary/aromatic N) is 1. The van der Waals surface area contributed by atoms with Crippen LogP contribution in [0.2, 0.25) is 0 Å². The van der Waals surface area contributed by atoms with E-state index in [2.05, 4.69) is 6.92 Å². The molecule has 8 heteroatoms. The number of nitrogens with one attached hydrogen (secondary N) is 1. The topological polar surface area (TPSA) is 60.3 Å². The monoisotopic (exact) mass is 421 g/mol. The number of benzene rings is 2. The van der Waals surface area contributed by atoms with Gasteiger partial charge in [0, 0.05) is 18.1 Å². The number of hydrogen-bond donors (Lipinski definition) is 1. The molecule has 0 radical (unpaired) electrons. The lowest BCUT2D eigenvalue weighted by atomic mass is 10.1. The largest absolute Gasteiger partial charge is 0.490 e. The summed E-state index contributed by atoms with van der Waals surface area (Å²) in [4.78, 5) is 1.53. The number of fused-ring (bicyclic) bond motifs is 1. The number of piperazine rings is 1. The molecule has 156 valence electrons. The van der Waals surface area contributed by atoms with Crippen LogP contribution in [0.5, 0.6) is 11.5 Å². The average Bonchev–Trinajstić information content (AvgIpc) is 2.99. The summed E-state index contributed by atoms with van der Waals surface area (Å²) < 4.78 is 52.2. The minimum absolute atomic E-state index is 0.179. The fourth-order valence-corrected chi connectivity index (χ4v) is 5.34. The van der Waals surface area contributed by atoms with E-state index in [0.717, 1.165) is 12.0 Å². The molecule has 4 rings (SSSR count). The summed E-state index contributed by atoms with van der Waals surface area (Å²) >= 11 is 0. The molecular weight excluding hydrogens is 395 g/mol. The van der Waals surface area contributed by atoms with Crippen LogP contribution in [0.25, 0.3) is 0 Å². The van der Waals surface area contributed by atoms with E-state index in [1.807, 2.05) is 0 Å². The van der Waals surface area contributed by atoms with Crippen molar-refractivity contribution in [3.63, 3.8) is 0 Å². The molecule has 0 bridgehead atoms. The number of hydrogen-bond acceptors (Lipinski definition) is 4. The molecule has 1 saturated heterocycles. The number of sulfonamides is 1. The van der Waals surface area contributed by atoms with Gasteiger partial charge in [-0.15, -0.1) is 0 Å². The van der Waals surface area contributed by atoms with Crippen molar-refractivity contribution < 1.29 is 27.2 Å². The summed E-state index contributed by atoms with van der Waals surface area (Å²) in [6.07, 6.45) is 0.772. The highest BCUT2D eigenvalue weighted by Crippen LogP contribution is 2.32. The van der Waals surface area contributed by atoms with Crippen LogP contribution in [0.4, 0.5) is 4.39 Å². The number of ether oxygens (including phenoxy) is 2. The maximum atomic E-state index is 13.2. The summed E-state index contributed by atoms with van der Waals surface area (Å²) in [5.74, 6) is 0.823. The van der Waals surface area contributed by atoms with Gasteiger partial charge in [0.05, 0.1) is 44.3 Å². The first kappa shape index (κ1) is 20.1. The first-order valence-electron chi connectivity index (χ1n) is 9.95. The van der Waals surface area contributed by atoms with E-state index in [-0.39, 0.29) is 16.8 Å². The first-order valence-corrected chi connectivity index (χ1v) is 11.4. The second-order valence-corrected chi connectivity index (χ2v) is 9.43. The summed E-state index contributed by atoms with van der Waals surface area (Å²) in [6, 6.07) is 11.5. The highest BCUT2D eigenvalue weighted by atomic mass is 32.2. The molecule has 2 heterocycles. The Hall–Kier alpha value is -2.16.